The van der Waals surface area contributed by atoms with E-state index < -0.39 is 0 Å². The van der Waals surface area contributed by atoms with Gasteiger partial charge in [-0.05, 0) is 56.2 Å². The zero-order chi connectivity index (χ0) is 32.8. The van der Waals surface area contributed by atoms with Gasteiger partial charge in [0.1, 0.15) is 19.5 Å². The van der Waals surface area contributed by atoms with Gasteiger partial charge in [-0.3, -0.25) is 24.7 Å². The summed E-state index contributed by atoms with van der Waals surface area (Å²) in [6.07, 6.45) is 12.7. The van der Waals surface area contributed by atoms with Crippen molar-refractivity contribution in [1.82, 2.24) is 34.2 Å². The number of methoxy groups -OCH3 is 1. The van der Waals surface area contributed by atoms with Gasteiger partial charge in [0.2, 0.25) is 23.6 Å². The Morgan fingerprint density at radius 2 is 1.85 bits per heavy atom. The third-order valence-corrected chi connectivity index (χ3v) is 7.52. The van der Waals surface area contributed by atoms with Crippen LogP contribution in [-0.4, -0.2) is 72.8 Å². The average Bonchev–Trinajstić information content (AvgIpc) is 4.00. The van der Waals surface area contributed by atoms with E-state index in [1.807, 2.05) is 49.7 Å². The summed E-state index contributed by atoms with van der Waals surface area (Å²) in [7, 11) is 3.05. The van der Waals surface area contributed by atoms with Crippen molar-refractivity contribution >= 4 is 35.1 Å². The summed E-state index contributed by atoms with van der Waals surface area (Å²) in [5, 5.41) is 2.74. The number of likely N-dealkylation sites (N-methyl/N-ethyl adjacent to an activating group) is 1. The molecular formula is C32H39N9O5. The molecule has 3 aliphatic rings. The van der Waals surface area contributed by atoms with Crippen LogP contribution < -0.4 is 15.0 Å². The van der Waals surface area contributed by atoms with Gasteiger partial charge in [-0.2, -0.15) is 4.98 Å². The molecule has 2 aliphatic carbocycles. The second kappa shape index (κ2) is 14.4. The molecule has 5 heterocycles. The fourth-order valence-corrected chi connectivity index (χ4v) is 4.73. The number of carbonyl (C=O) groups is 3. The third-order valence-electron chi connectivity index (χ3n) is 7.52. The maximum Gasteiger partial charge on any atom is 0.331 e. The predicted molar refractivity (Wildman–Crippen MR) is 169 cm³/mol. The first kappa shape index (κ1) is 32.4. The number of fused-ring (bicyclic) bond motifs is 1. The van der Waals surface area contributed by atoms with Crippen molar-refractivity contribution in [3.05, 3.63) is 65.8 Å². The van der Waals surface area contributed by atoms with Crippen molar-refractivity contribution in [3.63, 3.8) is 0 Å². The maximum absolute atomic E-state index is 12.7. The minimum atomic E-state index is -0.369. The van der Waals surface area contributed by atoms with Crippen molar-refractivity contribution in [2.24, 2.45) is 5.92 Å². The molecule has 3 fully saturated rings. The molecule has 0 atom stereocenters. The van der Waals surface area contributed by atoms with Crippen LogP contribution >= 0.6 is 0 Å². The number of nitrogens with zero attached hydrogens (tertiary/aromatic N) is 8. The van der Waals surface area contributed by atoms with Crippen LogP contribution in [0.1, 0.15) is 68.0 Å². The highest BCUT2D eigenvalue weighted by atomic mass is 16.5. The number of carbonyl (C=O) groups excluding carboxylic acids is 3. The van der Waals surface area contributed by atoms with Crippen LogP contribution in [-0.2, 0) is 27.5 Å². The summed E-state index contributed by atoms with van der Waals surface area (Å²) in [5.74, 6) is 0.593. The second-order valence-electron chi connectivity index (χ2n) is 11.1. The minimum Gasteiger partial charge on any atom is -0.471 e. The van der Waals surface area contributed by atoms with Crippen LogP contribution in [0.2, 0.25) is 0 Å². The maximum atomic E-state index is 12.7. The van der Waals surface area contributed by atoms with E-state index in [9.17, 15) is 14.4 Å². The van der Waals surface area contributed by atoms with Crippen LogP contribution in [0.3, 0.4) is 0 Å². The first-order chi connectivity index (χ1) is 22.3. The van der Waals surface area contributed by atoms with E-state index in [0.29, 0.717) is 34.4 Å². The first-order valence-electron chi connectivity index (χ1n) is 15.4. The summed E-state index contributed by atoms with van der Waals surface area (Å²) in [6.45, 7) is 6.25. The molecule has 1 saturated heterocycles. The van der Waals surface area contributed by atoms with Crippen molar-refractivity contribution in [1.29, 1.82) is 0 Å². The van der Waals surface area contributed by atoms with Crippen molar-refractivity contribution in [2.45, 2.75) is 65.6 Å². The van der Waals surface area contributed by atoms with Gasteiger partial charge in [0.15, 0.2) is 5.65 Å². The topological polar surface area (TPSA) is 157 Å². The van der Waals surface area contributed by atoms with Gasteiger partial charge < -0.3 is 13.9 Å². The molecule has 2 saturated carbocycles. The van der Waals surface area contributed by atoms with Crippen LogP contribution in [0.15, 0.2) is 43.2 Å². The number of aromatic nitrogens is 6. The molecule has 4 aromatic rings. The Hall–Kier alpha value is -4.98. The van der Waals surface area contributed by atoms with Gasteiger partial charge in [0.05, 0.1) is 23.6 Å². The molecule has 7 rings (SSSR count). The Bertz CT molecular complexity index is 1700. The van der Waals surface area contributed by atoms with Crippen LogP contribution in [0.5, 0.6) is 5.88 Å². The number of rotatable bonds is 9. The number of hydrogen-bond donors (Lipinski definition) is 1. The van der Waals surface area contributed by atoms with Gasteiger partial charge >= 0.3 is 6.03 Å². The highest BCUT2D eigenvalue weighted by Crippen LogP contribution is 2.42. The predicted octanol–water partition coefficient (Wildman–Crippen LogP) is 4.29. The monoisotopic (exact) mass is 629 g/mol. The molecule has 1 N–H and O–H groups in total. The Morgan fingerprint density at radius 1 is 1.07 bits per heavy atom. The molecule has 0 aromatic carbocycles. The number of nitrogens with one attached hydrogen (secondary N) is 1. The van der Waals surface area contributed by atoms with Crippen LogP contribution in [0.4, 0.5) is 16.4 Å². The van der Waals surface area contributed by atoms with Crippen LogP contribution in [0, 0.1) is 12.8 Å². The quantitative estimate of drug-likeness (QED) is 0.265. The fourth-order valence-electron chi connectivity index (χ4n) is 4.73. The zero-order valence-corrected chi connectivity index (χ0v) is 26.8. The zero-order valence-electron chi connectivity index (χ0n) is 26.8. The molecule has 4 amide bonds. The molecule has 46 heavy (non-hydrogen) atoms. The molecule has 14 heteroatoms. The second-order valence-corrected chi connectivity index (χ2v) is 11.1. The van der Waals surface area contributed by atoms with E-state index in [1.165, 1.54) is 18.3 Å². The number of ether oxygens (including phenoxy) is 2. The summed E-state index contributed by atoms with van der Waals surface area (Å²) in [5.41, 5.74) is 4.54. The van der Waals surface area contributed by atoms with E-state index in [1.54, 1.807) is 19.5 Å². The van der Waals surface area contributed by atoms with E-state index in [4.69, 9.17) is 14.5 Å². The highest BCUT2D eigenvalue weighted by molar-refractivity contribution is 6.13. The normalized spacial score (nSPS) is 15.7. The van der Waals surface area contributed by atoms with Crippen molar-refractivity contribution in [3.8, 4) is 5.88 Å². The SMILES string of the molecule is CC.COCc1cnc(NC(=O)C2CC2)nc1OCc1cn2cc(C3CC3)cc(N3CC(=O)N(C)C3=O)c2n1.Cc1ccncn1. The number of hydrogen-bond acceptors (Lipinski definition) is 10. The minimum absolute atomic E-state index is 0.0194. The van der Waals surface area contributed by atoms with Gasteiger partial charge in [-0.1, -0.05) is 13.8 Å². The highest BCUT2D eigenvalue weighted by Gasteiger charge is 2.36. The lowest BCUT2D eigenvalue weighted by Gasteiger charge is -2.17. The Balaban J connectivity index is 0.000000406. The smallest absolute Gasteiger partial charge is 0.331 e. The number of imidazole rings is 1. The van der Waals surface area contributed by atoms with E-state index >= 15 is 0 Å². The summed E-state index contributed by atoms with van der Waals surface area (Å²) in [6, 6.07) is 3.46. The van der Waals surface area contributed by atoms with E-state index in [2.05, 4.69) is 25.3 Å². The number of imide groups is 1. The lowest BCUT2D eigenvalue weighted by Crippen LogP contribution is -2.30. The van der Waals surface area contributed by atoms with Crippen molar-refractivity contribution in [2.75, 3.05) is 30.9 Å². The number of anilines is 2. The number of pyridine rings is 1. The molecular weight excluding hydrogens is 590 g/mol. The Labute approximate surface area is 267 Å². The molecule has 0 unspecified atom stereocenters. The van der Waals surface area contributed by atoms with E-state index in [-0.39, 0.29) is 49.5 Å². The Kier molecular flexibility index (Phi) is 10.2. The summed E-state index contributed by atoms with van der Waals surface area (Å²) in [4.78, 5) is 60.6. The molecule has 242 valence electrons. The summed E-state index contributed by atoms with van der Waals surface area (Å²) >= 11 is 0. The number of urea groups is 1. The Morgan fingerprint density at radius 3 is 2.43 bits per heavy atom. The fraction of sp³-hybridized carbons (Fsp3) is 0.438. The summed E-state index contributed by atoms with van der Waals surface area (Å²) < 4.78 is 13.1. The lowest BCUT2D eigenvalue weighted by atomic mass is 10.1. The van der Waals surface area contributed by atoms with Gasteiger partial charge in [0, 0.05) is 50.6 Å². The van der Waals surface area contributed by atoms with Gasteiger partial charge in [-0.25, -0.2) is 24.7 Å². The largest absolute Gasteiger partial charge is 0.471 e. The standard InChI is InChI=1S/C25H27N7O5.C5H6N2.C2H6/c1-30-20(33)11-32(25(30)35)19-7-16(14-3-4-14)9-31-10-18(27-21(19)31)13-37-23-17(12-36-2)8-26-24(29-23)28-22(34)15-5-6-15;1-5-2-3-6-4-7-5;1-2/h7-10,14-15H,3-6,11-13H2,1-2H3,(H,26,28,29,34);2-4H,1H3;1-2H3. The van der Waals surface area contributed by atoms with Gasteiger partial charge in [0.25, 0.3) is 0 Å². The number of amides is 4. The molecule has 0 radical (unpaired) electrons. The average molecular weight is 630 g/mol. The third kappa shape index (κ3) is 7.62. The molecule has 0 spiro atoms. The van der Waals surface area contributed by atoms with Crippen molar-refractivity contribution < 1.29 is 23.9 Å². The molecule has 1 aliphatic heterocycles. The number of aryl methyl sites for hydroxylation is 1. The lowest BCUT2D eigenvalue weighted by molar-refractivity contribution is -0.124. The van der Waals surface area contributed by atoms with E-state index in [0.717, 1.165) is 41.8 Å². The molecule has 4 aromatic heterocycles. The first-order valence-corrected chi connectivity index (χ1v) is 15.4. The molecule has 14 nitrogen and oxygen atoms in total. The molecule has 0 bridgehead atoms. The van der Waals surface area contributed by atoms with Gasteiger partial charge in [-0.15, -0.1) is 0 Å². The van der Waals surface area contributed by atoms with Crippen LogP contribution in [0.25, 0.3) is 5.65 Å².